The summed E-state index contributed by atoms with van der Waals surface area (Å²) in [7, 11) is 0. The maximum atomic E-state index is 12.2. The van der Waals surface area contributed by atoms with Gasteiger partial charge in [-0.3, -0.25) is 0 Å². The summed E-state index contributed by atoms with van der Waals surface area (Å²) < 4.78 is 5.38. The van der Waals surface area contributed by atoms with Crippen LogP contribution in [0, 0.1) is 29.6 Å². The van der Waals surface area contributed by atoms with Gasteiger partial charge in [0, 0.05) is 11.5 Å². The number of hydrogen-bond acceptors (Lipinski definition) is 3. The smallest absolute Gasteiger partial charge is 0.334 e. The number of aliphatic hydroxyl groups is 1. The fourth-order valence-electron chi connectivity index (χ4n) is 4.74. The zero-order valence-electron chi connectivity index (χ0n) is 14.8. The van der Waals surface area contributed by atoms with Crippen molar-refractivity contribution >= 4 is 5.97 Å². The highest BCUT2D eigenvalue weighted by Crippen LogP contribution is 2.55. The molecule has 0 bridgehead atoms. The predicted octanol–water partition coefficient (Wildman–Crippen LogP) is 3.88. The molecule has 3 nitrogen and oxygen atoms in total. The van der Waals surface area contributed by atoms with Crippen molar-refractivity contribution in [3.8, 4) is 0 Å². The molecular weight excluding hydrogens is 288 g/mol. The van der Waals surface area contributed by atoms with Gasteiger partial charge in [-0.15, -0.1) is 0 Å². The molecule has 0 aromatic carbocycles. The Hall–Kier alpha value is -1.09. The molecule has 3 aliphatic rings. The summed E-state index contributed by atoms with van der Waals surface area (Å²) in [5.41, 5.74) is 3.38. The zero-order valence-corrected chi connectivity index (χ0v) is 14.8. The molecule has 0 aromatic heterocycles. The summed E-state index contributed by atoms with van der Waals surface area (Å²) in [4.78, 5) is 12.2. The van der Waals surface area contributed by atoms with Crippen LogP contribution in [0.2, 0.25) is 0 Å². The van der Waals surface area contributed by atoms with Crippen LogP contribution in [0.1, 0.15) is 53.4 Å². The highest BCUT2D eigenvalue weighted by molar-refractivity contribution is 5.93. The van der Waals surface area contributed by atoms with Crippen LogP contribution in [0.5, 0.6) is 0 Å². The number of fused-ring (bicyclic) bond motifs is 2. The normalized spacial score (nSPS) is 37.3. The summed E-state index contributed by atoms with van der Waals surface area (Å²) in [6, 6.07) is 0. The lowest BCUT2D eigenvalue weighted by molar-refractivity contribution is -0.136. The van der Waals surface area contributed by atoms with Crippen LogP contribution in [0.3, 0.4) is 0 Å². The van der Waals surface area contributed by atoms with Crippen molar-refractivity contribution in [2.24, 2.45) is 29.6 Å². The Morgan fingerprint density at radius 3 is 2.83 bits per heavy atom. The molecule has 1 N–H and O–H groups in total. The Balaban J connectivity index is 1.85. The van der Waals surface area contributed by atoms with Gasteiger partial charge in [0.1, 0.15) is 6.61 Å². The second kappa shape index (κ2) is 6.43. The SMILES string of the molecule is CC(C)=CCCC(C)C1C2=C(C(=O)OC2)[C@@H]2C[C@@H]2[C@@H](C)C[C@@H]1O. The molecule has 2 unspecified atom stereocenters. The van der Waals surface area contributed by atoms with Crippen molar-refractivity contribution in [3.63, 3.8) is 0 Å². The molecule has 0 amide bonds. The van der Waals surface area contributed by atoms with Crippen LogP contribution in [-0.2, 0) is 9.53 Å². The first-order valence-corrected chi connectivity index (χ1v) is 9.11. The van der Waals surface area contributed by atoms with E-state index in [-0.39, 0.29) is 18.0 Å². The zero-order chi connectivity index (χ0) is 16.7. The minimum absolute atomic E-state index is 0.0750. The minimum atomic E-state index is -0.354. The van der Waals surface area contributed by atoms with Gasteiger partial charge in [0.15, 0.2) is 0 Å². The van der Waals surface area contributed by atoms with Crippen LogP contribution in [0.25, 0.3) is 0 Å². The van der Waals surface area contributed by atoms with Gasteiger partial charge < -0.3 is 9.84 Å². The maximum Gasteiger partial charge on any atom is 0.334 e. The summed E-state index contributed by atoms with van der Waals surface area (Å²) in [5, 5.41) is 10.9. The van der Waals surface area contributed by atoms with E-state index in [4.69, 9.17) is 4.74 Å². The van der Waals surface area contributed by atoms with E-state index < -0.39 is 0 Å². The summed E-state index contributed by atoms with van der Waals surface area (Å²) in [5.74, 6) is 1.78. The third-order valence-corrected chi connectivity index (χ3v) is 6.08. The molecule has 2 aliphatic carbocycles. The van der Waals surface area contributed by atoms with Crippen LogP contribution in [0.15, 0.2) is 22.8 Å². The molecule has 1 saturated carbocycles. The lowest BCUT2D eigenvalue weighted by Crippen LogP contribution is -2.33. The molecule has 1 aliphatic heterocycles. The molecule has 1 heterocycles. The van der Waals surface area contributed by atoms with Crippen molar-refractivity contribution in [2.75, 3.05) is 6.61 Å². The van der Waals surface area contributed by atoms with Crippen molar-refractivity contribution in [1.82, 2.24) is 0 Å². The van der Waals surface area contributed by atoms with Gasteiger partial charge in [0.25, 0.3) is 0 Å². The number of allylic oxidation sites excluding steroid dienone is 2. The molecule has 0 saturated heterocycles. The van der Waals surface area contributed by atoms with E-state index in [0.29, 0.717) is 30.3 Å². The molecule has 0 radical (unpaired) electrons. The van der Waals surface area contributed by atoms with E-state index in [2.05, 4.69) is 33.8 Å². The second-order valence-electron chi connectivity index (χ2n) is 8.16. The van der Waals surface area contributed by atoms with Crippen molar-refractivity contribution in [3.05, 3.63) is 22.8 Å². The third-order valence-electron chi connectivity index (χ3n) is 6.08. The molecule has 128 valence electrons. The first kappa shape index (κ1) is 16.8. The summed E-state index contributed by atoms with van der Waals surface area (Å²) in [6.45, 7) is 9.09. The van der Waals surface area contributed by atoms with Gasteiger partial charge in [0.2, 0.25) is 0 Å². The lowest BCUT2D eigenvalue weighted by atomic mass is 9.74. The molecule has 23 heavy (non-hydrogen) atoms. The Kier molecular flexibility index (Phi) is 4.68. The topological polar surface area (TPSA) is 46.5 Å². The van der Waals surface area contributed by atoms with Gasteiger partial charge in [-0.1, -0.05) is 25.5 Å². The second-order valence-corrected chi connectivity index (χ2v) is 8.16. The molecule has 1 fully saturated rings. The van der Waals surface area contributed by atoms with E-state index >= 15 is 0 Å². The van der Waals surface area contributed by atoms with E-state index in [1.165, 1.54) is 5.57 Å². The number of carbonyl (C=O) groups excluding carboxylic acids is 1. The number of aliphatic hydroxyl groups excluding tert-OH is 1. The standard InChI is InChI=1S/C20H30O3/c1-11(2)6-5-7-12(3)18-16-10-23-20(22)19(16)15-9-14(15)13(4)8-17(18)21/h6,12-15,17-18,21H,5,7-10H2,1-4H3/t12?,13-,14+,15+,17-,18?/m0/s1. The Morgan fingerprint density at radius 1 is 1.39 bits per heavy atom. The predicted molar refractivity (Wildman–Crippen MR) is 90.7 cm³/mol. The molecule has 3 heteroatoms. The average Bonchev–Trinajstić information content (AvgIpc) is 3.15. The highest BCUT2D eigenvalue weighted by atomic mass is 16.5. The van der Waals surface area contributed by atoms with Crippen LogP contribution in [-0.4, -0.2) is 23.8 Å². The Labute approximate surface area is 139 Å². The number of esters is 1. The highest BCUT2D eigenvalue weighted by Gasteiger charge is 2.52. The lowest BCUT2D eigenvalue weighted by Gasteiger charge is -2.33. The fourth-order valence-corrected chi connectivity index (χ4v) is 4.74. The van der Waals surface area contributed by atoms with Crippen LogP contribution < -0.4 is 0 Å². The van der Waals surface area contributed by atoms with Gasteiger partial charge in [-0.2, -0.15) is 0 Å². The van der Waals surface area contributed by atoms with Gasteiger partial charge in [-0.25, -0.2) is 4.79 Å². The maximum absolute atomic E-state index is 12.2. The monoisotopic (exact) mass is 318 g/mol. The summed E-state index contributed by atoms with van der Waals surface area (Å²) in [6.07, 6.45) is 5.93. The number of carbonyl (C=O) groups is 1. The van der Waals surface area contributed by atoms with Crippen LogP contribution >= 0.6 is 0 Å². The van der Waals surface area contributed by atoms with E-state index in [9.17, 15) is 9.90 Å². The minimum Gasteiger partial charge on any atom is -0.458 e. The van der Waals surface area contributed by atoms with Gasteiger partial charge >= 0.3 is 5.97 Å². The third kappa shape index (κ3) is 3.26. The first-order valence-electron chi connectivity index (χ1n) is 9.11. The van der Waals surface area contributed by atoms with Gasteiger partial charge in [-0.05, 0) is 68.8 Å². The van der Waals surface area contributed by atoms with Crippen molar-refractivity contribution in [2.45, 2.75) is 59.5 Å². The van der Waals surface area contributed by atoms with Crippen molar-refractivity contribution < 1.29 is 14.6 Å². The number of rotatable bonds is 4. The Morgan fingerprint density at radius 2 is 2.13 bits per heavy atom. The average molecular weight is 318 g/mol. The molecule has 0 spiro atoms. The Bertz CT molecular complexity index is 541. The number of cyclic esters (lactones) is 1. The van der Waals surface area contributed by atoms with E-state index in [1.807, 2.05) is 0 Å². The van der Waals surface area contributed by atoms with E-state index in [0.717, 1.165) is 36.8 Å². The van der Waals surface area contributed by atoms with Crippen molar-refractivity contribution in [1.29, 1.82) is 0 Å². The quantitative estimate of drug-likeness (QED) is 0.632. The van der Waals surface area contributed by atoms with Gasteiger partial charge in [0.05, 0.1) is 6.10 Å². The summed E-state index contributed by atoms with van der Waals surface area (Å²) >= 11 is 0. The first-order chi connectivity index (χ1) is 10.9. The molecule has 0 aromatic rings. The number of hydrogen-bond donors (Lipinski definition) is 1. The van der Waals surface area contributed by atoms with E-state index in [1.54, 1.807) is 0 Å². The molecule has 6 atom stereocenters. The van der Waals surface area contributed by atoms with Crippen LogP contribution in [0.4, 0.5) is 0 Å². The molecular formula is C20H30O3. The largest absolute Gasteiger partial charge is 0.458 e. The fraction of sp³-hybridized carbons (Fsp3) is 0.750. The molecule has 3 rings (SSSR count). The number of ether oxygens (including phenoxy) is 1.